The van der Waals surface area contributed by atoms with Gasteiger partial charge in [-0.2, -0.15) is 0 Å². The molecule has 3 aromatic rings. The highest BCUT2D eigenvalue weighted by atomic mass is 32.2. The van der Waals surface area contributed by atoms with E-state index in [0.29, 0.717) is 12.2 Å². The molecule has 1 N–H and O–H groups in total. The van der Waals surface area contributed by atoms with Crippen molar-refractivity contribution in [2.24, 2.45) is 0 Å². The second-order valence-corrected chi connectivity index (χ2v) is 11.7. The lowest BCUT2D eigenvalue weighted by Gasteiger charge is -2.22. The molecule has 0 amide bonds. The molecular formula is C31H39NO5S. The Morgan fingerprint density at radius 2 is 1.61 bits per heavy atom. The summed E-state index contributed by atoms with van der Waals surface area (Å²) >= 11 is 0. The third-order valence-corrected chi connectivity index (χ3v) is 7.50. The van der Waals surface area contributed by atoms with Crippen molar-refractivity contribution < 1.29 is 22.7 Å². The van der Waals surface area contributed by atoms with Crippen LogP contribution in [0.5, 0.6) is 5.75 Å². The van der Waals surface area contributed by atoms with Crippen LogP contribution >= 0.6 is 0 Å². The number of fused-ring (bicyclic) bond motifs is 1. The summed E-state index contributed by atoms with van der Waals surface area (Å²) in [5.41, 5.74) is 3.04. The van der Waals surface area contributed by atoms with Crippen LogP contribution in [0.4, 0.5) is 0 Å². The van der Waals surface area contributed by atoms with E-state index < -0.39 is 27.6 Å². The number of benzene rings is 3. The number of hydrogen-bond acceptors (Lipinski definition) is 5. The zero-order chi connectivity index (χ0) is 27.8. The van der Waals surface area contributed by atoms with Gasteiger partial charge in [0.15, 0.2) is 6.61 Å². The predicted molar refractivity (Wildman–Crippen MR) is 152 cm³/mol. The SMILES string of the molecule is CC.CC(C)(C)OC(=O)COc1cccc2c1CCCCC2NS(=O)(=O)c1cccc(-c2ccccc2)c1. The summed E-state index contributed by atoms with van der Waals surface area (Å²) in [4.78, 5) is 12.4. The molecule has 0 heterocycles. The van der Waals surface area contributed by atoms with Gasteiger partial charge in [-0.1, -0.05) is 74.9 Å². The number of nitrogens with one attached hydrogen (secondary N) is 1. The predicted octanol–water partition coefficient (Wildman–Crippen LogP) is 6.85. The fourth-order valence-electron chi connectivity index (χ4n) is 4.48. The molecule has 0 aliphatic heterocycles. The van der Waals surface area contributed by atoms with Gasteiger partial charge in [0, 0.05) is 6.04 Å². The molecule has 0 bridgehead atoms. The molecule has 1 atom stereocenters. The average Bonchev–Trinajstić information content (AvgIpc) is 3.10. The minimum absolute atomic E-state index is 0.198. The number of carbonyl (C=O) groups is 1. The lowest BCUT2D eigenvalue weighted by molar-refractivity contribution is -0.157. The molecule has 1 unspecified atom stereocenters. The topological polar surface area (TPSA) is 81.7 Å². The van der Waals surface area contributed by atoms with Crippen molar-refractivity contribution in [3.8, 4) is 16.9 Å². The summed E-state index contributed by atoms with van der Waals surface area (Å²) in [7, 11) is -3.77. The first-order valence-electron chi connectivity index (χ1n) is 13.3. The number of hydrogen-bond donors (Lipinski definition) is 1. The van der Waals surface area contributed by atoms with E-state index >= 15 is 0 Å². The van der Waals surface area contributed by atoms with Gasteiger partial charge in [-0.15, -0.1) is 0 Å². The Kier molecular flexibility index (Phi) is 10.1. The van der Waals surface area contributed by atoms with Gasteiger partial charge in [0.25, 0.3) is 0 Å². The minimum atomic E-state index is -3.77. The molecule has 7 heteroatoms. The van der Waals surface area contributed by atoms with Gasteiger partial charge in [0.2, 0.25) is 10.0 Å². The number of sulfonamides is 1. The molecule has 0 aromatic heterocycles. The highest BCUT2D eigenvalue weighted by Crippen LogP contribution is 2.35. The molecule has 0 fully saturated rings. The maximum Gasteiger partial charge on any atom is 0.344 e. The quantitative estimate of drug-likeness (QED) is 0.263. The summed E-state index contributed by atoms with van der Waals surface area (Å²) < 4.78 is 41.0. The van der Waals surface area contributed by atoms with Crippen molar-refractivity contribution >= 4 is 16.0 Å². The normalized spacial score (nSPS) is 15.3. The number of ether oxygens (including phenoxy) is 2. The van der Waals surface area contributed by atoms with E-state index in [1.54, 1.807) is 18.2 Å². The summed E-state index contributed by atoms with van der Waals surface area (Å²) in [6.45, 7) is 9.24. The number of carbonyl (C=O) groups excluding carboxylic acids is 1. The summed E-state index contributed by atoms with van der Waals surface area (Å²) in [5.74, 6) is 0.153. The maximum atomic E-state index is 13.4. The third kappa shape index (κ3) is 7.92. The highest BCUT2D eigenvalue weighted by molar-refractivity contribution is 7.89. The zero-order valence-electron chi connectivity index (χ0n) is 23.0. The van der Waals surface area contributed by atoms with Crippen LogP contribution in [0, 0.1) is 0 Å². The van der Waals surface area contributed by atoms with Crippen LogP contribution in [0.2, 0.25) is 0 Å². The van der Waals surface area contributed by atoms with Crippen molar-refractivity contribution in [3.63, 3.8) is 0 Å². The molecule has 0 saturated heterocycles. The molecule has 38 heavy (non-hydrogen) atoms. The van der Waals surface area contributed by atoms with Gasteiger partial charge in [0.05, 0.1) is 4.90 Å². The summed E-state index contributed by atoms with van der Waals surface area (Å²) in [6, 6.07) is 21.9. The lowest BCUT2D eigenvalue weighted by atomic mass is 9.99. The fourth-order valence-corrected chi connectivity index (χ4v) is 5.77. The van der Waals surface area contributed by atoms with E-state index in [-0.39, 0.29) is 11.5 Å². The van der Waals surface area contributed by atoms with Crippen LogP contribution < -0.4 is 9.46 Å². The monoisotopic (exact) mass is 537 g/mol. The van der Waals surface area contributed by atoms with Crippen LogP contribution in [0.25, 0.3) is 11.1 Å². The van der Waals surface area contributed by atoms with Crippen LogP contribution in [-0.4, -0.2) is 26.6 Å². The van der Waals surface area contributed by atoms with Crippen molar-refractivity contribution in [2.75, 3.05) is 6.61 Å². The molecule has 0 spiro atoms. The molecular weight excluding hydrogens is 498 g/mol. The van der Waals surface area contributed by atoms with Gasteiger partial charge < -0.3 is 9.47 Å². The Hall–Kier alpha value is -3.16. The standard InChI is InChI=1S/C29H33NO5S.C2H6/c1-29(2,3)35-28(31)20-34-27-18-10-16-24-25(27)15-7-8-17-26(24)30-36(32,33)23-14-9-13-22(19-23)21-11-5-4-6-12-21;1-2/h4-6,9-14,16,18-19,26,30H,7-8,15,17,20H2,1-3H3;1-2H3. The van der Waals surface area contributed by atoms with E-state index in [1.165, 1.54) is 0 Å². The largest absolute Gasteiger partial charge is 0.482 e. The van der Waals surface area contributed by atoms with Gasteiger partial charge >= 0.3 is 5.97 Å². The third-order valence-electron chi connectivity index (χ3n) is 6.03. The zero-order valence-corrected chi connectivity index (χ0v) is 23.8. The average molecular weight is 538 g/mol. The van der Waals surface area contributed by atoms with Crippen LogP contribution in [0.3, 0.4) is 0 Å². The number of rotatable bonds is 7. The first-order valence-corrected chi connectivity index (χ1v) is 14.7. The molecule has 204 valence electrons. The van der Waals surface area contributed by atoms with Crippen LogP contribution in [0.1, 0.15) is 71.0 Å². The minimum Gasteiger partial charge on any atom is -0.482 e. The van der Waals surface area contributed by atoms with E-state index in [1.807, 2.05) is 89.2 Å². The Balaban J connectivity index is 0.00000195. The van der Waals surface area contributed by atoms with E-state index in [0.717, 1.165) is 41.5 Å². The maximum absolute atomic E-state index is 13.4. The Morgan fingerprint density at radius 1 is 0.921 bits per heavy atom. The molecule has 1 aliphatic carbocycles. The second kappa shape index (κ2) is 13.1. The van der Waals surface area contributed by atoms with Gasteiger partial charge in [0.1, 0.15) is 11.4 Å². The van der Waals surface area contributed by atoms with E-state index in [2.05, 4.69) is 4.72 Å². The summed E-state index contributed by atoms with van der Waals surface area (Å²) in [6.07, 6.45) is 3.21. The first kappa shape index (κ1) is 29.4. The van der Waals surface area contributed by atoms with Crippen molar-refractivity contribution in [1.82, 2.24) is 4.72 Å². The molecule has 1 aliphatic rings. The van der Waals surface area contributed by atoms with Crippen molar-refractivity contribution in [2.45, 2.75) is 76.8 Å². The fraction of sp³-hybridized carbons (Fsp3) is 0.387. The Labute approximate surface area is 227 Å². The first-order chi connectivity index (χ1) is 18.1. The molecule has 0 radical (unpaired) electrons. The van der Waals surface area contributed by atoms with E-state index in [4.69, 9.17) is 9.47 Å². The van der Waals surface area contributed by atoms with Crippen LogP contribution in [0.15, 0.2) is 77.7 Å². The second-order valence-electron chi connectivity index (χ2n) is 10.0. The lowest BCUT2D eigenvalue weighted by Crippen LogP contribution is -2.29. The van der Waals surface area contributed by atoms with Crippen molar-refractivity contribution in [1.29, 1.82) is 0 Å². The molecule has 0 saturated carbocycles. The molecule has 4 rings (SSSR count). The van der Waals surface area contributed by atoms with E-state index in [9.17, 15) is 13.2 Å². The van der Waals surface area contributed by atoms with Crippen LogP contribution in [-0.2, 0) is 26.0 Å². The van der Waals surface area contributed by atoms with Gasteiger partial charge in [-0.3, -0.25) is 0 Å². The Morgan fingerprint density at radius 3 is 2.32 bits per heavy atom. The summed E-state index contributed by atoms with van der Waals surface area (Å²) in [5, 5.41) is 0. The smallest absolute Gasteiger partial charge is 0.344 e. The number of esters is 1. The Bertz CT molecular complexity index is 1310. The van der Waals surface area contributed by atoms with Gasteiger partial charge in [-0.05, 0) is 80.5 Å². The molecule has 3 aromatic carbocycles. The van der Waals surface area contributed by atoms with Gasteiger partial charge in [-0.25, -0.2) is 17.9 Å². The molecule has 6 nitrogen and oxygen atoms in total. The van der Waals surface area contributed by atoms with Crippen molar-refractivity contribution in [3.05, 3.63) is 83.9 Å². The highest BCUT2D eigenvalue weighted by Gasteiger charge is 2.27.